The second-order valence-electron chi connectivity index (χ2n) is 8.48. The molecule has 2 heterocycles. The number of hydrogen-bond acceptors (Lipinski definition) is 5. The Hall–Kier alpha value is -3.00. The molecule has 1 aliphatic rings. The van der Waals surface area contributed by atoms with E-state index in [-0.39, 0.29) is 30.0 Å². The maximum absolute atomic E-state index is 13.2. The van der Waals surface area contributed by atoms with Crippen molar-refractivity contribution in [3.05, 3.63) is 57.0 Å². The summed E-state index contributed by atoms with van der Waals surface area (Å²) in [6, 6.07) is 7.78. The van der Waals surface area contributed by atoms with E-state index in [9.17, 15) is 14.4 Å². The van der Waals surface area contributed by atoms with Gasteiger partial charge in [0.15, 0.2) is 0 Å². The molecule has 4 rings (SSSR count). The first-order valence-corrected chi connectivity index (χ1v) is 11.8. The van der Waals surface area contributed by atoms with E-state index >= 15 is 0 Å². The van der Waals surface area contributed by atoms with Gasteiger partial charge in [-0.05, 0) is 43.9 Å². The van der Waals surface area contributed by atoms with Crippen LogP contribution in [0.25, 0.3) is 10.2 Å². The van der Waals surface area contributed by atoms with E-state index in [0.29, 0.717) is 20.7 Å². The quantitative estimate of drug-likeness (QED) is 0.631. The van der Waals surface area contributed by atoms with Crippen molar-refractivity contribution in [2.45, 2.75) is 58.5 Å². The van der Waals surface area contributed by atoms with Crippen LogP contribution < -0.4 is 10.9 Å². The van der Waals surface area contributed by atoms with Gasteiger partial charge in [-0.2, -0.15) is 0 Å². The number of aromatic nitrogens is 2. The first-order chi connectivity index (χ1) is 15.4. The zero-order valence-corrected chi connectivity index (χ0v) is 19.5. The first kappa shape index (κ1) is 22.2. The molecule has 0 bridgehead atoms. The lowest BCUT2D eigenvalue weighted by atomic mass is 9.94. The Bertz CT molecular complexity index is 1220. The Morgan fingerprint density at radius 3 is 2.62 bits per heavy atom. The molecule has 1 aliphatic carbocycles. The van der Waals surface area contributed by atoms with Crippen LogP contribution in [0, 0.1) is 13.8 Å². The maximum Gasteiger partial charge on any atom is 0.266 e. The van der Waals surface area contributed by atoms with Crippen LogP contribution in [-0.2, 0) is 11.3 Å². The van der Waals surface area contributed by atoms with Crippen LogP contribution in [-0.4, -0.2) is 39.4 Å². The SMILES string of the molecule is Cc1ccccc1NC(=O)c1sc2ncn(CC(=O)N(C)C3CCCCC3)c(=O)c2c1C. The van der Waals surface area contributed by atoms with Gasteiger partial charge in [-0.15, -0.1) is 11.3 Å². The first-order valence-electron chi connectivity index (χ1n) is 11.0. The Balaban J connectivity index is 1.58. The number of amides is 2. The summed E-state index contributed by atoms with van der Waals surface area (Å²) in [5.74, 6) is -0.357. The van der Waals surface area contributed by atoms with E-state index in [1.165, 1.54) is 28.7 Å². The van der Waals surface area contributed by atoms with Gasteiger partial charge in [-0.25, -0.2) is 4.98 Å². The molecule has 0 radical (unpaired) electrons. The van der Waals surface area contributed by atoms with E-state index in [2.05, 4.69) is 10.3 Å². The number of rotatable bonds is 5. The smallest absolute Gasteiger partial charge is 0.266 e. The molecule has 0 unspecified atom stereocenters. The second-order valence-corrected chi connectivity index (χ2v) is 9.48. The van der Waals surface area contributed by atoms with Crippen molar-refractivity contribution in [2.75, 3.05) is 12.4 Å². The van der Waals surface area contributed by atoms with Crippen LogP contribution >= 0.6 is 11.3 Å². The number of likely N-dealkylation sites (N-methyl/N-ethyl adjacent to an activating group) is 1. The van der Waals surface area contributed by atoms with E-state index in [1.54, 1.807) is 11.8 Å². The van der Waals surface area contributed by atoms with Gasteiger partial charge in [0.1, 0.15) is 11.4 Å². The molecule has 0 spiro atoms. The molecule has 1 fully saturated rings. The molecule has 8 heteroatoms. The normalized spacial score (nSPS) is 14.5. The van der Waals surface area contributed by atoms with E-state index in [4.69, 9.17) is 0 Å². The molecule has 32 heavy (non-hydrogen) atoms. The third-order valence-electron chi connectivity index (χ3n) is 6.34. The van der Waals surface area contributed by atoms with Gasteiger partial charge >= 0.3 is 0 Å². The Kier molecular flexibility index (Phi) is 6.41. The molecule has 3 aromatic rings. The summed E-state index contributed by atoms with van der Waals surface area (Å²) in [7, 11) is 1.82. The Labute approximate surface area is 191 Å². The number of thiophene rings is 1. The minimum Gasteiger partial charge on any atom is -0.341 e. The summed E-state index contributed by atoms with van der Waals surface area (Å²) >= 11 is 1.20. The summed E-state index contributed by atoms with van der Waals surface area (Å²) in [4.78, 5) is 46.0. The van der Waals surface area contributed by atoms with Crippen LogP contribution in [0.2, 0.25) is 0 Å². The summed E-state index contributed by atoms with van der Waals surface area (Å²) in [5, 5.41) is 3.32. The molecule has 7 nitrogen and oxygen atoms in total. The molecular weight excluding hydrogens is 424 g/mol. The number of para-hydroxylation sites is 1. The molecule has 1 aromatic carbocycles. The van der Waals surface area contributed by atoms with Gasteiger partial charge in [-0.3, -0.25) is 19.0 Å². The monoisotopic (exact) mass is 452 g/mol. The molecule has 1 N–H and O–H groups in total. The third-order valence-corrected chi connectivity index (χ3v) is 7.54. The largest absolute Gasteiger partial charge is 0.341 e. The van der Waals surface area contributed by atoms with E-state index in [1.807, 2.05) is 38.2 Å². The lowest BCUT2D eigenvalue weighted by Gasteiger charge is -2.31. The highest BCUT2D eigenvalue weighted by Crippen LogP contribution is 2.28. The summed E-state index contributed by atoms with van der Waals surface area (Å²) in [5.41, 5.74) is 2.00. The summed E-state index contributed by atoms with van der Waals surface area (Å²) in [6.45, 7) is 3.64. The highest BCUT2D eigenvalue weighted by Gasteiger charge is 2.24. The molecule has 0 saturated heterocycles. The highest BCUT2D eigenvalue weighted by molar-refractivity contribution is 7.20. The number of hydrogen-bond donors (Lipinski definition) is 1. The number of anilines is 1. The van der Waals surface area contributed by atoms with Crippen LogP contribution in [0.4, 0.5) is 5.69 Å². The Morgan fingerprint density at radius 2 is 1.91 bits per heavy atom. The van der Waals surface area contributed by atoms with E-state index in [0.717, 1.165) is 36.9 Å². The maximum atomic E-state index is 13.2. The number of carbonyl (C=O) groups is 2. The van der Waals surface area contributed by atoms with Crippen LogP contribution in [0.15, 0.2) is 35.4 Å². The molecule has 0 atom stereocenters. The summed E-state index contributed by atoms with van der Waals surface area (Å²) < 4.78 is 1.35. The van der Waals surface area contributed by atoms with Gasteiger partial charge in [0.2, 0.25) is 5.91 Å². The fourth-order valence-electron chi connectivity index (χ4n) is 4.31. The molecule has 168 valence electrons. The van der Waals surface area contributed by atoms with Gasteiger partial charge in [0, 0.05) is 18.8 Å². The number of aryl methyl sites for hydroxylation is 2. The minimum atomic E-state index is -0.288. The van der Waals surface area contributed by atoms with Gasteiger partial charge in [0.25, 0.3) is 11.5 Å². The number of carbonyl (C=O) groups excluding carboxylic acids is 2. The number of fused-ring (bicyclic) bond motifs is 1. The lowest BCUT2D eigenvalue weighted by molar-refractivity contribution is -0.133. The van der Waals surface area contributed by atoms with Crippen molar-refractivity contribution < 1.29 is 9.59 Å². The standard InChI is InChI=1S/C24H28N4O3S/c1-15-9-7-8-12-18(15)26-22(30)21-16(2)20-23(32-21)25-14-28(24(20)31)13-19(29)27(3)17-10-5-4-6-11-17/h7-9,12,14,17H,4-6,10-11,13H2,1-3H3,(H,26,30). The van der Waals surface area contributed by atoms with Crippen molar-refractivity contribution in [3.63, 3.8) is 0 Å². The van der Waals surface area contributed by atoms with Crippen molar-refractivity contribution in [3.8, 4) is 0 Å². The van der Waals surface area contributed by atoms with Gasteiger partial charge in [-0.1, -0.05) is 37.5 Å². The molecule has 2 amide bonds. The lowest BCUT2D eigenvalue weighted by Crippen LogP contribution is -2.41. The number of nitrogens with zero attached hydrogens (tertiary/aromatic N) is 3. The van der Waals surface area contributed by atoms with Crippen LogP contribution in [0.3, 0.4) is 0 Å². The van der Waals surface area contributed by atoms with Gasteiger partial charge in [0.05, 0.1) is 16.6 Å². The minimum absolute atomic E-state index is 0.0468. The zero-order chi connectivity index (χ0) is 22.8. The zero-order valence-electron chi connectivity index (χ0n) is 18.7. The van der Waals surface area contributed by atoms with Crippen molar-refractivity contribution >= 4 is 39.1 Å². The second kappa shape index (κ2) is 9.24. The average molecular weight is 453 g/mol. The summed E-state index contributed by atoms with van der Waals surface area (Å²) in [6.07, 6.45) is 6.93. The van der Waals surface area contributed by atoms with Crippen molar-refractivity contribution in [2.24, 2.45) is 0 Å². The van der Waals surface area contributed by atoms with Crippen LogP contribution in [0.1, 0.15) is 52.9 Å². The van der Waals surface area contributed by atoms with E-state index < -0.39 is 0 Å². The fourth-order valence-corrected chi connectivity index (χ4v) is 5.34. The molecule has 0 aliphatic heterocycles. The Morgan fingerprint density at radius 1 is 1.19 bits per heavy atom. The number of nitrogens with one attached hydrogen (secondary N) is 1. The number of benzene rings is 1. The predicted octanol–water partition coefficient (Wildman–Crippen LogP) is 4.12. The third kappa shape index (κ3) is 4.32. The fraction of sp³-hybridized carbons (Fsp3) is 0.417. The molecular formula is C24H28N4O3S. The highest BCUT2D eigenvalue weighted by atomic mass is 32.1. The van der Waals surface area contributed by atoms with Crippen molar-refractivity contribution in [1.29, 1.82) is 0 Å². The molecule has 2 aromatic heterocycles. The predicted molar refractivity (Wildman–Crippen MR) is 127 cm³/mol. The van der Waals surface area contributed by atoms with Crippen molar-refractivity contribution in [1.82, 2.24) is 14.5 Å². The average Bonchev–Trinajstić information content (AvgIpc) is 3.14. The topological polar surface area (TPSA) is 84.3 Å². The van der Waals surface area contributed by atoms with Gasteiger partial charge < -0.3 is 10.2 Å². The van der Waals surface area contributed by atoms with Crippen LogP contribution in [0.5, 0.6) is 0 Å². The molecule has 1 saturated carbocycles.